The predicted octanol–water partition coefficient (Wildman–Crippen LogP) is 4.00. The molecule has 142 valence electrons. The molecule has 0 atom stereocenters. The standard InChI is InChI=1S/C17H13BrClNO7/c18-14-5-12(19)1-2-15(14)25-8-16(21)26-7-11-4-13(20(22)23)3-10-6-24-9-27-17(10)11/h1-5H,6-9H2. The van der Waals surface area contributed by atoms with E-state index >= 15 is 0 Å². The number of fused-ring (bicyclic) bond motifs is 1. The second-order valence-electron chi connectivity index (χ2n) is 5.49. The number of nitro benzene ring substituents is 1. The largest absolute Gasteiger partial charge is 0.481 e. The molecule has 0 N–H and O–H groups in total. The molecule has 2 aromatic carbocycles. The van der Waals surface area contributed by atoms with E-state index in [1.165, 1.54) is 12.1 Å². The molecule has 0 spiro atoms. The van der Waals surface area contributed by atoms with Crippen LogP contribution in [0, 0.1) is 10.1 Å². The molecular weight excluding hydrogens is 446 g/mol. The summed E-state index contributed by atoms with van der Waals surface area (Å²) in [4.78, 5) is 22.5. The van der Waals surface area contributed by atoms with Gasteiger partial charge in [-0.25, -0.2) is 4.79 Å². The Morgan fingerprint density at radius 2 is 2.15 bits per heavy atom. The zero-order chi connectivity index (χ0) is 19.4. The van der Waals surface area contributed by atoms with Crippen LogP contribution < -0.4 is 9.47 Å². The number of halogens is 2. The summed E-state index contributed by atoms with van der Waals surface area (Å²) in [5.74, 6) is 0.231. The maximum absolute atomic E-state index is 12.0. The van der Waals surface area contributed by atoms with Crippen molar-refractivity contribution in [2.45, 2.75) is 13.2 Å². The van der Waals surface area contributed by atoms with Crippen LogP contribution in [0.25, 0.3) is 0 Å². The van der Waals surface area contributed by atoms with E-state index in [0.717, 1.165) is 0 Å². The molecule has 0 fully saturated rings. The quantitative estimate of drug-likeness (QED) is 0.367. The lowest BCUT2D eigenvalue weighted by atomic mass is 10.1. The van der Waals surface area contributed by atoms with Gasteiger partial charge in [-0.2, -0.15) is 0 Å². The Balaban J connectivity index is 1.64. The number of nitrogens with zero attached hydrogens (tertiary/aromatic N) is 1. The highest BCUT2D eigenvalue weighted by molar-refractivity contribution is 9.10. The summed E-state index contributed by atoms with van der Waals surface area (Å²) >= 11 is 9.13. The van der Waals surface area contributed by atoms with Gasteiger partial charge in [-0.1, -0.05) is 11.6 Å². The molecule has 10 heteroatoms. The minimum absolute atomic E-state index is 0.0272. The molecule has 0 amide bonds. The third-order valence-corrected chi connectivity index (χ3v) is 4.47. The van der Waals surface area contributed by atoms with Crippen molar-refractivity contribution < 1.29 is 28.7 Å². The number of esters is 1. The molecule has 0 unspecified atom stereocenters. The number of carbonyl (C=O) groups is 1. The average Bonchev–Trinajstić information content (AvgIpc) is 2.65. The van der Waals surface area contributed by atoms with Gasteiger partial charge in [0.15, 0.2) is 13.4 Å². The number of rotatable bonds is 6. The van der Waals surface area contributed by atoms with Crippen LogP contribution in [-0.2, 0) is 27.5 Å². The van der Waals surface area contributed by atoms with Gasteiger partial charge in [0, 0.05) is 28.3 Å². The van der Waals surface area contributed by atoms with Crippen molar-refractivity contribution >= 4 is 39.2 Å². The van der Waals surface area contributed by atoms with Crippen molar-refractivity contribution in [2.24, 2.45) is 0 Å². The van der Waals surface area contributed by atoms with E-state index in [4.69, 9.17) is 30.5 Å². The first-order valence-electron chi connectivity index (χ1n) is 7.68. The zero-order valence-electron chi connectivity index (χ0n) is 13.8. The first-order chi connectivity index (χ1) is 12.9. The molecule has 27 heavy (non-hydrogen) atoms. The summed E-state index contributed by atoms with van der Waals surface area (Å²) in [5.41, 5.74) is 0.793. The number of hydrogen-bond donors (Lipinski definition) is 0. The van der Waals surface area contributed by atoms with Gasteiger partial charge in [0.05, 0.1) is 16.0 Å². The first-order valence-corrected chi connectivity index (χ1v) is 8.85. The summed E-state index contributed by atoms with van der Waals surface area (Å²) in [6, 6.07) is 7.57. The molecule has 2 aromatic rings. The Morgan fingerprint density at radius 1 is 1.33 bits per heavy atom. The molecule has 1 aliphatic heterocycles. The lowest BCUT2D eigenvalue weighted by molar-refractivity contribution is -0.385. The topological polar surface area (TPSA) is 97.1 Å². The monoisotopic (exact) mass is 457 g/mol. The van der Waals surface area contributed by atoms with E-state index < -0.39 is 10.9 Å². The molecule has 0 aliphatic carbocycles. The summed E-state index contributed by atoms with van der Waals surface area (Å²) in [7, 11) is 0. The SMILES string of the molecule is O=C(COc1ccc(Cl)cc1Br)OCc1cc([N+](=O)[O-])cc2c1OCOC2. The van der Waals surface area contributed by atoms with Gasteiger partial charge in [-0.15, -0.1) is 0 Å². The maximum atomic E-state index is 12.0. The zero-order valence-corrected chi connectivity index (χ0v) is 16.1. The third-order valence-electron chi connectivity index (χ3n) is 3.61. The predicted molar refractivity (Wildman–Crippen MR) is 97.8 cm³/mol. The van der Waals surface area contributed by atoms with Gasteiger partial charge in [0.1, 0.15) is 18.1 Å². The summed E-state index contributed by atoms with van der Waals surface area (Å²) in [6.07, 6.45) is 0. The molecule has 0 saturated carbocycles. The minimum atomic E-state index is -0.635. The van der Waals surface area contributed by atoms with Crippen molar-refractivity contribution in [3.63, 3.8) is 0 Å². The van der Waals surface area contributed by atoms with Gasteiger partial charge >= 0.3 is 5.97 Å². The molecule has 1 aliphatic rings. The number of hydrogen-bond acceptors (Lipinski definition) is 7. The number of non-ortho nitro benzene ring substituents is 1. The number of ether oxygens (including phenoxy) is 4. The average molecular weight is 459 g/mol. The summed E-state index contributed by atoms with van der Waals surface area (Å²) < 4.78 is 21.7. The highest BCUT2D eigenvalue weighted by Gasteiger charge is 2.22. The van der Waals surface area contributed by atoms with Gasteiger partial charge in [0.25, 0.3) is 5.69 Å². The number of carbonyl (C=O) groups excluding carboxylic acids is 1. The molecule has 1 heterocycles. The Morgan fingerprint density at radius 3 is 2.89 bits per heavy atom. The normalized spacial score (nSPS) is 12.7. The molecule has 8 nitrogen and oxygen atoms in total. The number of benzene rings is 2. The fourth-order valence-corrected chi connectivity index (χ4v) is 3.22. The fourth-order valence-electron chi connectivity index (χ4n) is 2.42. The van der Waals surface area contributed by atoms with Crippen molar-refractivity contribution in [3.8, 4) is 11.5 Å². The van der Waals surface area contributed by atoms with Gasteiger partial charge < -0.3 is 18.9 Å². The van der Waals surface area contributed by atoms with Gasteiger partial charge in [-0.05, 0) is 34.1 Å². The lowest BCUT2D eigenvalue weighted by Gasteiger charge is -2.20. The maximum Gasteiger partial charge on any atom is 0.344 e. The Bertz CT molecular complexity index is 890. The Hall–Kier alpha value is -2.36. The molecular formula is C17H13BrClNO7. The van der Waals surface area contributed by atoms with Crippen molar-refractivity contribution in [3.05, 3.63) is 61.1 Å². The van der Waals surface area contributed by atoms with Crippen LogP contribution in [0.4, 0.5) is 5.69 Å². The van der Waals surface area contributed by atoms with Crippen LogP contribution in [0.15, 0.2) is 34.8 Å². The van der Waals surface area contributed by atoms with Crippen molar-refractivity contribution in [2.75, 3.05) is 13.4 Å². The fraction of sp³-hybridized carbons (Fsp3) is 0.235. The van der Waals surface area contributed by atoms with E-state index in [1.807, 2.05) is 0 Å². The second kappa shape index (κ2) is 8.55. The Labute approximate surface area is 167 Å². The van der Waals surface area contributed by atoms with Crippen LogP contribution in [0.3, 0.4) is 0 Å². The van der Waals surface area contributed by atoms with E-state index in [1.54, 1.807) is 18.2 Å². The summed E-state index contributed by atoms with van der Waals surface area (Å²) in [6.45, 7) is -0.305. The molecule has 0 bridgehead atoms. The van der Waals surface area contributed by atoms with E-state index in [0.29, 0.717) is 32.1 Å². The number of nitro groups is 1. The van der Waals surface area contributed by atoms with Crippen LogP contribution >= 0.6 is 27.5 Å². The first kappa shape index (κ1) is 19.4. The van der Waals surface area contributed by atoms with Crippen LogP contribution in [0.2, 0.25) is 5.02 Å². The Kier molecular flexibility index (Phi) is 6.15. The molecule has 0 aromatic heterocycles. The highest BCUT2D eigenvalue weighted by Crippen LogP contribution is 2.33. The van der Waals surface area contributed by atoms with Gasteiger partial charge in [-0.3, -0.25) is 10.1 Å². The van der Waals surface area contributed by atoms with Gasteiger partial charge in [0.2, 0.25) is 0 Å². The van der Waals surface area contributed by atoms with Crippen LogP contribution in [0.1, 0.15) is 11.1 Å². The smallest absolute Gasteiger partial charge is 0.344 e. The van der Waals surface area contributed by atoms with Crippen molar-refractivity contribution in [1.82, 2.24) is 0 Å². The summed E-state index contributed by atoms with van der Waals surface area (Å²) in [5, 5.41) is 11.6. The molecule has 0 saturated heterocycles. The van der Waals surface area contributed by atoms with Crippen LogP contribution in [0.5, 0.6) is 11.5 Å². The highest BCUT2D eigenvalue weighted by atomic mass is 79.9. The minimum Gasteiger partial charge on any atom is -0.481 e. The third kappa shape index (κ3) is 4.88. The van der Waals surface area contributed by atoms with E-state index in [-0.39, 0.29) is 32.3 Å². The van der Waals surface area contributed by atoms with Crippen molar-refractivity contribution in [1.29, 1.82) is 0 Å². The lowest BCUT2D eigenvalue weighted by Crippen LogP contribution is -2.17. The molecule has 3 rings (SSSR count). The van der Waals surface area contributed by atoms with Crippen LogP contribution in [-0.4, -0.2) is 24.3 Å². The second-order valence-corrected chi connectivity index (χ2v) is 6.78. The van der Waals surface area contributed by atoms with E-state index in [2.05, 4.69) is 15.9 Å². The molecule has 0 radical (unpaired) electrons. The van der Waals surface area contributed by atoms with E-state index in [9.17, 15) is 14.9 Å².